The van der Waals surface area contributed by atoms with Gasteiger partial charge in [-0.05, 0) is 65.5 Å². The van der Waals surface area contributed by atoms with Crippen LogP contribution in [0.15, 0.2) is 24.5 Å². The molecule has 0 bridgehead atoms. The lowest BCUT2D eigenvalue weighted by Gasteiger charge is -2.23. The van der Waals surface area contributed by atoms with E-state index < -0.39 is 29.2 Å². The van der Waals surface area contributed by atoms with E-state index in [2.05, 4.69) is 20.9 Å². The van der Waals surface area contributed by atoms with Crippen molar-refractivity contribution in [1.29, 1.82) is 0 Å². The molecule has 1 atom stereocenters. The van der Waals surface area contributed by atoms with Crippen LogP contribution in [0.25, 0.3) is 5.69 Å². The van der Waals surface area contributed by atoms with Crippen LogP contribution in [0.4, 0.5) is 0 Å². The predicted octanol–water partition coefficient (Wildman–Crippen LogP) is 0.433. The fourth-order valence-corrected chi connectivity index (χ4v) is 3.73. The second-order valence-electron chi connectivity index (χ2n) is 9.70. The van der Waals surface area contributed by atoms with Gasteiger partial charge in [-0.3, -0.25) is 19.2 Å². The fraction of sp³-hybridized carbons (Fsp3) is 0.500. The molecule has 2 rings (SSSR count). The zero-order valence-corrected chi connectivity index (χ0v) is 21.6. The van der Waals surface area contributed by atoms with Gasteiger partial charge in [0.2, 0.25) is 11.8 Å². The Morgan fingerprint density at radius 3 is 2.11 bits per heavy atom. The summed E-state index contributed by atoms with van der Waals surface area (Å²) in [7, 11) is 6.99. The summed E-state index contributed by atoms with van der Waals surface area (Å²) < 4.78 is 3.38. The lowest BCUT2D eigenvalue weighted by atomic mass is 9.98. The van der Waals surface area contributed by atoms with E-state index in [1.54, 1.807) is 44.6 Å². The summed E-state index contributed by atoms with van der Waals surface area (Å²) >= 11 is 0. The summed E-state index contributed by atoms with van der Waals surface area (Å²) in [5.41, 5.74) is 6.45. The third kappa shape index (κ3) is 6.95. The molecular weight excluding hydrogens is 450 g/mol. The molecule has 35 heavy (non-hydrogen) atoms. The SMILES string of the molecule is CNC(=O)c1cc(-n2cc(C(C(N)=O)C(=O)NC(C)(C)C)cc2C(=O)NC)cn1CCCN(C)C. The van der Waals surface area contributed by atoms with Crippen molar-refractivity contribution in [3.8, 4) is 5.69 Å². The Hall–Kier alpha value is -3.60. The molecule has 0 spiro atoms. The van der Waals surface area contributed by atoms with Crippen molar-refractivity contribution < 1.29 is 19.2 Å². The van der Waals surface area contributed by atoms with Crippen LogP contribution in [0, 0.1) is 0 Å². The number of nitrogens with one attached hydrogen (secondary N) is 3. The Morgan fingerprint density at radius 1 is 1.00 bits per heavy atom. The summed E-state index contributed by atoms with van der Waals surface area (Å²) in [4.78, 5) is 52.4. The number of hydrogen-bond acceptors (Lipinski definition) is 5. The molecule has 0 radical (unpaired) electrons. The zero-order valence-electron chi connectivity index (χ0n) is 21.6. The van der Waals surface area contributed by atoms with Crippen LogP contribution >= 0.6 is 0 Å². The van der Waals surface area contributed by atoms with Crippen molar-refractivity contribution in [2.75, 3.05) is 34.7 Å². The molecule has 1 unspecified atom stereocenters. The molecule has 5 N–H and O–H groups in total. The normalized spacial score (nSPS) is 12.3. The van der Waals surface area contributed by atoms with Crippen LogP contribution in [0.1, 0.15) is 59.7 Å². The average Bonchev–Trinajstić information content (AvgIpc) is 3.35. The molecule has 0 fully saturated rings. The van der Waals surface area contributed by atoms with Gasteiger partial charge in [0, 0.05) is 38.6 Å². The van der Waals surface area contributed by atoms with Gasteiger partial charge >= 0.3 is 0 Å². The molecule has 192 valence electrons. The number of nitrogens with two attached hydrogens (primary N) is 1. The van der Waals surface area contributed by atoms with E-state index >= 15 is 0 Å². The molecule has 0 saturated heterocycles. The fourth-order valence-electron chi connectivity index (χ4n) is 3.73. The highest BCUT2D eigenvalue weighted by atomic mass is 16.2. The maximum atomic E-state index is 12.9. The van der Waals surface area contributed by atoms with Gasteiger partial charge in [0.25, 0.3) is 11.8 Å². The molecule has 2 heterocycles. The van der Waals surface area contributed by atoms with E-state index in [0.29, 0.717) is 17.9 Å². The van der Waals surface area contributed by atoms with Gasteiger partial charge in [-0.1, -0.05) is 0 Å². The number of carbonyl (C=O) groups is 4. The van der Waals surface area contributed by atoms with E-state index in [1.807, 2.05) is 18.7 Å². The molecule has 11 heteroatoms. The van der Waals surface area contributed by atoms with E-state index in [-0.39, 0.29) is 17.2 Å². The Kier molecular flexibility index (Phi) is 8.86. The van der Waals surface area contributed by atoms with E-state index in [9.17, 15) is 19.2 Å². The number of carbonyl (C=O) groups excluding carboxylic acids is 4. The number of aromatic nitrogens is 2. The van der Waals surface area contributed by atoms with Crippen molar-refractivity contribution >= 4 is 23.6 Å². The number of rotatable bonds is 10. The predicted molar refractivity (Wildman–Crippen MR) is 134 cm³/mol. The molecule has 0 aliphatic rings. The first-order valence-corrected chi connectivity index (χ1v) is 11.4. The minimum atomic E-state index is -1.29. The summed E-state index contributed by atoms with van der Waals surface area (Å²) in [6.07, 6.45) is 4.11. The van der Waals surface area contributed by atoms with Gasteiger partial charge in [0.05, 0.1) is 5.69 Å². The van der Waals surface area contributed by atoms with Crippen LogP contribution in [-0.4, -0.2) is 77.9 Å². The number of primary amides is 1. The highest BCUT2D eigenvalue weighted by Gasteiger charge is 2.32. The summed E-state index contributed by atoms with van der Waals surface area (Å²) in [5, 5.41) is 7.98. The van der Waals surface area contributed by atoms with Crippen LogP contribution in [0.2, 0.25) is 0 Å². The monoisotopic (exact) mass is 487 g/mol. The average molecular weight is 488 g/mol. The van der Waals surface area contributed by atoms with E-state index in [0.717, 1.165) is 13.0 Å². The smallest absolute Gasteiger partial charge is 0.268 e. The zero-order chi connectivity index (χ0) is 26.5. The number of amides is 4. The standard InChI is InChI=1S/C24H37N7O4/c1-24(2,3)28-23(35)19(20(25)32)15-11-18(22(34)27-5)31(13-15)16-12-17(21(33)26-4)30(14-16)10-8-9-29(6)7/h11-14,19H,8-10H2,1-7H3,(H2,25,32)(H,26,33)(H,27,34)(H,28,35). The van der Waals surface area contributed by atoms with Crippen molar-refractivity contribution in [2.45, 2.75) is 45.2 Å². The van der Waals surface area contributed by atoms with Crippen molar-refractivity contribution in [3.63, 3.8) is 0 Å². The first-order valence-electron chi connectivity index (χ1n) is 11.4. The van der Waals surface area contributed by atoms with Gasteiger partial charge in [0.15, 0.2) is 0 Å². The van der Waals surface area contributed by atoms with Gasteiger partial charge in [0.1, 0.15) is 17.3 Å². The Labute approximate surface area is 206 Å². The lowest BCUT2D eigenvalue weighted by Crippen LogP contribution is -2.46. The van der Waals surface area contributed by atoms with E-state index in [4.69, 9.17) is 5.73 Å². The maximum absolute atomic E-state index is 12.9. The first-order chi connectivity index (χ1) is 16.3. The summed E-state index contributed by atoms with van der Waals surface area (Å²) in [5.74, 6) is -3.37. The van der Waals surface area contributed by atoms with Crippen LogP contribution in [-0.2, 0) is 16.1 Å². The third-order valence-corrected chi connectivity index (χ3v) is 5.30. The van der Waals surface area contributed by atoms with Crippen LogP contribution < -0.4 is 21.7 Å². The molecule has 2 aromatic rings. The molecule has 0 aliphatic carbocycles. The van der Waals surface area contributed by atoms with Crippen LogP contribution in [0.5, 0.6) is 0 Å². The van der Waals surface area contributed by atoms with Crippen molar-refractivity contribution in [1.82, 2.24) is 30.0 Å². The van der Waals surface area contributed by atoms with Gasteiger partial charge < -0.3 is 35.7 Å². The topological polar surface area (TPSA) is 143 Å². The Bertz CT molecular complexity index is 1090. The maximum Gasteiger partial charge on any atom is 0.268 e. The third-order valence-electron chi connectivity index (χ3n) is 5.30. The minimum absolute atomic E-state index is 0.200. The first kappa shape index (κ1) is 27.6. The summed E-state index contributed by atoms with van der Waals surface area (Å²) in [6, 6.07) is 3.14. The Morgan fingerprint density at radius 2 is 1.60 bits per heavy atom. The quantitative estimate of drug-likeness (QED) is 0.360. The van der Waals surface area contributed by atoms with Gasteiger partial charge in [-0.25, -0.2) is 0 Å². The molecule has 4 amide bonds. The number of aryl methyl sites for hydroxylation is 1. The minimum Gasteiger partial charge on any atom is -0.369 e. The molecule has 0 aliphatic heterocycles. The van der Waals surface area contributed by atoms with Crippen LogP contribution in [0.3, 0.4) is 0 Å². The van der Waals surface area contributed by atoms with Gasteiger partial charge in [-0.15, -0.1) is 0 Å². The second-order valence-corrected chi connectivity index (χ2v) is 9.70. The molecule has 0 aromatic carbocycles. The number of nitrogens with zero attached hydrogens (tertiary/aromatic N) is 3. The molecule has 0 saturated carbocycles. The largest absolute Gasteiger partial charge is 0.369 e. The number of hydrogen-bond donors (Lipinski definition) is 4. The molecule has 11 nitrogen and oxygen atoms in total. The molecule has 2 aromatic heterocycles. The van der Waals surface area contributed by atoms with Crippen molar-refractivity contribution in [2.24, 2.45) is 5.73 Å². The highest BCUT2D eigenvalue weighted by Crippen LogP contribution is 2.25. The highest BCUT2D eigenvalue weighted by molar-refractivity contribution is 6.06. The van der Waals surface area contributed by atoms with E-state index in [1.165, 1.54) is 19.3 Å². The van der Waals surface area contributed by atoms with Gasteiger partial charge in [-0.2, -0.15) is 0 Å². The molecular formula is C24H37N7O4. The Balaban J connectivity index is 2.59. The second kappa shape index (κ2) is 11.2. The lowest BCUT2D eigenvalue weighted by molar-refractivity contribution is -0.130. The van der Waals surface area contributed by atoms with Crippen molar-refractivity contribution in [3.05, 3.63) is 41.5 Å². The summed E-state index contributed by atoms with van der Waals surface area (Å²) in [6.45, 7) is 6.81.